The Kier molecular flexibility index (Phi) is 10.6. The highest BCUT2D eigenvalue weighted by Crippen LogP contribution is 2.16. The molecule has 0 radical (unpaired) electrons. The Morgan fingerprint density at radius 1 is 1.04 bits per heavy atom. The number of carboxylic acids is 1. The van der Waals surface area contributed by atoms with E-state index >= 15 is 0 Å². The van der Waals surface area contributed by atoms with Gasteiger partial charge in [0.15, 0.2) is 5.69 Å². The molecule has 0 atom stereocenters. The molecule has 0 bridgehead atoms. The molecule has 1 heterocycles. The maximum Gasteiger partial charge on any atom is 0.357 e. The van der Waals surface area contributed by atoms with Crippen LogP contribution in [-0.2, 0) is 0 Å². The van der Waals surface area contributed by atoms with E-state index in [0.717, 1.165) is 12.8 Å². The fourth-order valence-corrected chi connectivity index (χ4v) is 2.85. The standard InChI is InChI=1S/C18H30ClNO3/c1-2-3-4-5-6-7-8-9-10-11-12-15-23-20-14-13-16(19)17(20)18(21)22/h13-14H,2-12,15H2,1H3,(H,21,22). The van der Waals surface area contributed by atoms with Crippen LogP contribution in [0, 0.1) is 0 Å². The van der Waals surface area contributed by atoms with Crippen molar-refractivity contribution in [3.8, 4) is 0 Å². The smallest absolute Gasteiger partial charge is 0.357 e. The molecule has 0 saturated heterocycles. The molecule has 0 spiro atoms. The van der Waals surface area contributed by atoms with Gasteiger partial charge in [-0.15, -0.1) is 0 Å². The largest absolute Gasteiger partial charge is 0.476 e. The van der Waals surface area contributed by atoms with Crippen LogP contribution in [0.15, 0.2) is 12.3 Å². The summed E-state index contributed by atoms with van der Waals surface area (Å²) in [4.78, 5) is 16.5. The predicted octanol–water partition coefficient (Wildman–Crippen LogP) is 5.58. The monoisotopic (exact) mass is 343 g/mol. The van der Waals surface area contributed by atoms with Gasteiger partial charge in [-0.05, 0) is 18.9 Å². The number of nitrogens with zero attached hydrogens (tertiary/aromatic N) is 1. The van der Waals surface area contributed by atoms with Crippen LogP contribution in [0.1, 0.15) is 88.0 Å². The van der Waals surface area contributed by atoms with Crippen molar-refractivity contribution in [2.24, 2.45) is 0 Å². The lowest BCUT2D eigenvalue weighted by Crippen LogP contribution is -2.17. The van der Waals surface area contributed by atoms with Crippen LogP contribution in [0.25, 0.3) is 0 Å². The van der Waals surface area contributed by atoms with Crippen molar-refractivity contribution in [1.29, 1.82) is 0 Å². The third-order valence-corrected chi connectivity index (χ3v) is 4.29. The molecule has 0 aromatic carbocycles. The number of hydrogen-bond donors (Lipinski definition) is 1. The van der Waals surface area contributed by atoms with E-state index in [-0.39, 0.29) is 10.7 Å². The molecule has 1 rings (SSSR count). The van der Waals surface area contributed by atoms with Crippen molar-refractivity contribution in [3.05, 3.63) is 23.0 Å². The summed E-state index contributed by atoms with van der Waals surface area (Å²) in [5, 5.41) is 9.25. The first-order valence-corrected chi connectivity index (χ1v) is 9.28. The number of aromatic nitrogens is 1. The molecule has 0 aliphatic rings. The lowest BCUT2D eigenvalue weighted by Gasteiger charge is -2.09. The van der Waals surface area contributed by atoms with Crippen LogP contribution in [0.5, 0.6) is 0 Å². The number of aromatic carboxylic acids is 1. The minimum Gasteiger partial charge on any atom is -0.476 e. The maximum atomic E-state index is 11.0. The normalized spacial score (nSPS) is 10.9. The highest BCUT2D eigenvalue weighted by Gasteiger charge is 2.15. The molecule has 0 unspecified atom stereocenters. The van der Waals surface area contributed by atoms with E-state index in [1.54, 1.807) is 6.20 Å². The Balaban J connectivity index is 1.97. The van der Waals surface area contributed by atoms with E-state index in [2.05, 4.69) is 6.92 Å². The molecule has 0 aliphatic carbocycles. The summed E-state index contributed by atoms with van der Waals surface area (Å²) >= 11 is 5.81. The van der Waals surface area contributed by atoms with Gasteiger partial charge in [0.05, 0.1) is 5.02 Å². The zero-order valence-electron chi connectivity index (χ0n) is 14.2. The maximum absolute atomic E-state index is 11.0. The Bertz CT molecular complexity index is 445. The highest BCUT2D eigenvalue weighted by atomic mass is 35.5. The molecular formula is C18H30ClNO3. The van der Waals surface area contributed by atoms with Gasteiger partial charge in [0, 0.05) is 6.20 Å². The van der Waals surface area contributed by atoms with E-state index < -0.39 is 5.97 Å². The third kappa shape index (κ3) is 8.31. The average molecular weight is 344 g/mol. The summed E-state index contributed by atoms with van der Waals surface area (Å²) in [5.41, 5.74) is -0.00487. The average Bonchev–Trinajstić information content (AvgIpc) is 2.89. The van der Waals surface area contributed by atoms with Crippen LogP contribution in [0.3, 0.4) is 0 Å². The molecule has 0 aliphatic heterocycles. The molecule has 23 heavy (non-hydrogen) atoms. The number of hydrogen-bond acceptors (Lipinski definition) is 2. The van der Waals surface area contributed by atoms with Gasteiger partial charge >= 0.3 is 5.97 Å². The SMILES string of the molecule is CCCCCCCCCCCCCOn1ccc(Cl)c1C(=O)O. The van der Waals surface area contributed by atoms with Gasteiger partial charge < -0.3 is 9.94 Å². The van der Waals surface area contributed by atoms with Crippen LogP contribution in [0.2, 0.25) is 5.02 Å². The fraction of sp³-hybridized carbons (Fsp3) is 0.722. The summed E-state index contributed by atoms with van der Waals surface area (Å²) < 4.78 is 1.25. The lowest BCUT2D eigenvalue weighted by atomic mass is 10.1. The summed E-state index contributed by atoms with van der Waals surface area (Å²) in [6.07, 6.45) is 15.6. The number of unbranched alkanes of at least 4 members (excludes halogenated alkanes) is 10. The van der Waals surface area contributed by atoms with E-state index in [9.17, 15) is 4.79 Å². The van der Waals surface area contributed by atoms with E-state index in [1.165, 1.54) is 68.6 Å². The Morgan fingerprint density at radius 3 is 2.09 bits per heavy atom. The van der Waals surface area contributed by atoms with Gasteiger partial charge in [0.1, 0.15) is 6.61 Å². The zero-order valence-corrected chi connectivity index (χ0v) is 15.0. The molecule has 0 fully saturated rings. The van der Waals surface area contributed by atoms with Crippen LogP contribution < -0.4 is 4.84 Å². The molecule has 1 N–H and O–H groups in total. The molecule has 1 aromatic heterocycles. The van der Waals surface area contributed by atoms with Crippen molar-refractivity contribution in [2.75, 3.05) is 6.61 Å². The van der Waals surface area contributed by atoms with Crippen molar-refractivity contribution in [3.63, 3.8) is 0 Å². The van der Waals surface area contributed by atoms with Gasteiger partial charge in [0.25, 0.3) is 0 Å². The summed E-state index contributed by atoms with van der Waals surface area (Å²) in [6, 6.07) is 1.53. The second-order valence-electron chi connectivity index (χ2n) is 6.01. The second-order valence-corrected chi connectivity index (χ2v) is 6.42. The van der Waals surface area contributed by atoms with Crippen molar-refractivity contribution >= 4 is 17.6 Å². The minimum absolute atomic E-state index is 0.00487. The molecule has 132 valence electrons. The van der Waals surface area contributed by atoms with E-state index in [0.29, 0.717) is 6.61 Å². The first-order chi connectivity index (χ1) is 11.2. The zero-order chi connectivity index (χ0) is 16.9. The first-order valence-electron chi connectivity index (χ1n) is 8.90. The third-order valence-electron chi connectivity index (χ3n) is 3.98. The number of halogens is 1. The Labute approximate surface area is 144 Å². The number of carbonyl (C=O) groups is 1. The van der Waals surface area contributed by atoms with Crippen LogP contribution >= 0.6 is 11.6 Å². The summed E-state index contributed by atoms with van der Waals surface area (Å²) in [5.74, 6) is -1.07. The lowest BCUT2D eigenvalue weighted by molar-refractivity contribution is 0.0589. The molecule has 0 amide bonds. The number of carboxylic acid groups (broad SMARTS) is 1. The summed E-state index contributed by atoms with van der Waals surface area (Å²) in [7, 11) is 0. The number of rotatable bonds is 14. The molecule has 1 aromatic rings. The van der Waals surface area contributed by atoms with E-state index in [1.807, 2.05) is 0 Å². The van der Waals surface area contributed by atoms with Gasteiger partial charge in [-0.3, -0.25) is 0 Å². The molecule has 0 saturated carbocycles. The van der Waals surface area contributed by atoms with Gasteiger partial charge in [-0.25, -0.2) is 4.79 Å². The van der Waals surface area contributed by atoms with Crippen molar-refractivity contribution in [2.45, 2.75) is 77.6 Å². The topological polar surface area (TPSA) is 51.5 Å². The quantitative estimate of drug-likeness (QED) is 0.448. The van der Waals surface area contributed by atoms with Crippen molar-refractivity contribution in [1.82, 2.24) is 4.73 Å². The predicted molar refractivity (Wildman–Crippen MR) is 94.3 cm³/mol. The Hall–Kier alpha value is -1.16. The van der Waals surface area contributed by atoms with Gasteiger partial charge in [-0.2, -0.15) is 4.73 Å². The van der Waals surface area contributed by atoms with Gasteiger partial charge in [-0.1, -0.05) is 76.3 Å². The Morgan fingerprint density at radius 2 is 1.57 bits per heavy atom. The van der Waals surface area contributed by atoms with E-state index in [4.69, 9.17) is 21.5 Å². The fourth-order valence-electron chi connectivity index (χ4n) is 2.63. The molecular weight excluding hydrogens is 314 g/mol. The highest BCUT2D eigenvalue weighted by molar-refractivity contribution is 6.33. The molecule has 5 heteroatoms. The first kappa shape index (κ1) is 19.9. The van der Waals surface area contributed by atoms with Gasteiger partial charge in [0.2, 0.25) is 0 Å². The molecule has 4 nitrogen and oxygen atoms in total. The second kappa shape index (κ2) is 12.3. The summed E-state index contributed by atoms with van der Waals surface area (Å²) in [6.45, 7) is 2.76. The minimum atomic E-state index is -1.07. The van der Waals surface area contributed by atoms with Crippen LogP contribution in [0.4, 0.5) is 0 Å². The van der Waals surface area contributed by atoms with Crippen molar-refractivity contribution < 1.29 is 14.7 Å². The van der Waals surface area contributed by atoms with Crippen LogP contribution in [-0.4, -0.2) is 22.4 Å².